The number of esters is 2. The van der Waals surface area contributed by atoms with Crippen LogP contribution in [0.25, 0.3) is 0 Å². The third-order valence-corrected chi connectivity index (χ3v) is 11.3. The number of Topliss-reactive ketones (excluding diaryl/α,β-unsaturated/α-hetero) is 2. The molecule has 0 aliphatic rings. The van der Waals surface area contributed by atoms with Gasteiger partial charge in [0.05, 0.1) is 25.7 Å². The zero-order valence-electron chi connectivity index (χ0n) is 36.2. The van der Waals surface area contributed by atoms with Gasteiger partial charge in [-0.3, -0.25) is 24.0 Å². The number of ketones is 2. The van der Waals surface area contributed by atoms with E-state index in [2.05, 4.69) is 20.7 Å². The molecule has 60 heavy (non-hydrogen) atoms. The lowest BCUT2D eigenvalue weighted by Crippen LogP contribution is -2.45. The molecule has 0 aliphatic carbocycles. The van der Waals surface area contributed by atoms with E-state index in [4.69, 9.17) is 30.2 Å². The number of carboxylic acids is 2. The Balaban J connectivity index is -0.000000465. The quantitative estimate of drug-likeness (QED) is 0.0336. The van der Waals surface area contributed by atoms with Gasteiger partial charge in [-0.05, 0) is 62.3 Å². The molecule has 0 bridgehead atoms. The second-order valence-electron chi connectivity index (χ2n) is 14.2. The number of carbonyl (C=O) groups excluding carboxylic acids is 7. The average molecular weight is 958 g/mol. The lowest BCUT2D eigenvalue weighted by atomic mass is 10.1. The molecule has 24 heteroatoms. The molecule has 19 nitrogen and oxygen atoms in total. The summed E-state index contributed by atoms with van der Waals surface area (Å²) in [4.78, 5) is 102. The van der Waals surface area contributed by atoms with Crippen molar-refractivity contribution < 1.29 is 72.3 Å². The number of rotatable bonds is 24. The van der Waals surface area contributed by atoms with Gasteiger partial charge < -0.3 is 55.6 Å². The van der Waals surface area contributed by atoms with E-state index in [1.54, 1.807) is 69.2 Å². The van der Waals surface area contributed by atoms with Crippen molar-refractivity contribution in [3.8, 4) is 0 Å². The summed E-state index contributed by atoms with van der Waals surface area (Å²) < 4.78 is 19.4. The Labute approximate surface area is 374 Å². The molecule has 0 spiro atoms. The Morgan fingerprint density at radius 3 is 1.43 bits per heavy atom. The lowest BCUT2D eigenvalue weighted by Gasteiger charge is -2.23. The lowest BCUT2D eigenvalue weighted by molar-refractivity contribution is -0.143. The molecule has 350 valence electrons. The van der Waals surface area contributed by atoms with Crippen LogP contribution >= 0.6 is 55.6 Å². The van der Waals surface area contributed by atoms with E-state index in [-0.39, 0.29) is 85.8 Å². The van der Waals surface area contributed by atoms with Crippen LogP contribution in [0.15, 0.2) is 0 Å². The van der Waals surface area contributed by atoms with E-state index in [0.717, 1.165) is 0 Å². The molecule has 0 rings (SSSR count). The number of aliphatic carboxylic acids is 2. The molecule has 3 amide bonds. The number of amides is 3. The van der Waals surface area contributed by atoms with Gasteiger partial charge in [-0.2, -0.15) is 0 Å². The predicted octanol–water partition coefficient (Wildman–Crippen LogP) is 4.51. The number of halogens is 1. The Bertz CT molecular complexity index is 1350. The average Bonchev–Trinajstić information content (AvgIpc) is 3.10. The largest absolute Gasteiger partial charge is 0.481 e. The molecular formula is C36H65ClN4O15S4. The van der Waals surface area contributed by atoms with Crippen molar-refractivity contribution in [1.82, 2.24) is 16.0 Å². The van der Waals surface area contributed by atoms with Crippen molar-refractivity contribution in [2.75, 3.05) is 49.3 Å². The summed E-state index contributed by atoms with van der Waals surface area (Å²) in [5, 5.41) is 25.1. The van der Waals surface area contributed by atoms with Crippen LogP contribution in [0.4, 0.5) is 9.59 Å². The third-order valence-electron chi connectivity index (χ3n) is 6.12. The van der Waals surface area contributed by atoms with Gasteiger partial charge in [0.1, 0.15) is 35.6 Å². The van der Waals surface area contributed by atoms with Gasteiger partial charge in [0, 0.05) is 41.8 Å². The molecule has 0 saturated heterocycles. The maximum Gasteiger partial charge on any atom is 0.408 e. The van der Waals surface area contributed by atoms with Crippen LogP contribution in [0, 0.1) is 11.8 Å². The minimum absolute atomic E-state index is 0. The molecule has 4 atom stereocenters. The van der Waals surface area contributed by atoms with Gasteiger partial charge in [0.15, 0.2) is 5.78 Å². The predicted molar refractivity (Wildman–Crippen MR) is 237 cm³/mol. The number of alkyl carbamates (subject to hydrolysis) is 2. The normalized spacial score (nSPS) is 12.6. The highest BCUT2D eigenvalue weighted by atomic mass is 35.5. The number of hydrogen-bond acceptors (Lipinski definition) is 18. The Hall–Kier alpha value is -3.12. The highest BCUT2D eigenvalue weighted by Gasteiger charge is 2.26. The van der Waals surface area contributed by atoms with Crippen LogP contribution in [0.1, 0.15) is 89.0 Å². The van der Waals surface area contributed by atoms with E-state index in [0.29, 0.717) is 18.1 Å². The summed E-state index contributed by atoms with van der Waals surface area (Å²) in [5.74, 6) is -3.23. The minimum Gasteiger partial charge on any atom is -0.481 e. The van der Waals surface area contributed by atoms with E-state index in [9.17, 15) is 43.2 Å². The van der Waals surface area contributed by atoms with Crippen molar-refractivity contribution >= 4 is 109 Å². The number of ether oxygens (including phenoxy) is 4. The highest BCUT2D eigenvalue weighted by molar-refractivity contribution is 8.77. The molecule has 0 aromatic carbocycles. The summed E-state index contributed by atoms with van der Waals surface area (Å²) in [6, 6.07) is -1.89. The highest BCUT2D eigenvalue weighted by Crippen LogP contribution is 2.26. The molecule has 0 aromatic heterocycles. The van der Waals surface area contributed by atoms with Crippen LogP contribution < -0.4 is 21.7 Å². The fourth-order valence-corrected chi connectivity index (χ4v) is 8.26. The van der Waals surface area contributed by atoms with E-state index < -0.39 is 59.3 Å². The topological polar surface area (TPSA) is 293 Å². The summed E-state index contributed by atoms with van der Waals surface area (Å²) >= 11 is 0. The molecule has 0 aromatic rings. The van der Waals surface area contributed by atoms with Gasteiger partial charge in [-0.25, -0.2) is 14.4 Å². The maximum absolute atomic E-state index is 12.4. The number of carboxylic acid groups (broad SMARTS) is 2. The van der Waals surface area contributed by atoms with E-state index in [1.807, 2.05) is 0 Å². The van der Waals surface area contributed by atoms with Crippen molar-refractivity contribution in [3.63, 3.8) is 0 Å². The van der Waals surface area contributed by atoms with Gasteiger partial charge in [-0.15, -0.1) is 12.4 Å². The van der Waals surface area contributed by atoms with Crippen LogP contribution in [0.5, 0.6) is 0 Å². The van der Waals surface area contributed by atoms with Gasteiger partial charge in [0.2, 0.25) is 5.91 Å². The van der Waals surface area contributed by atoms with Gasteiger partial charge >= 0.3 is 36.1 Å². The van der Waals surface area contributed by atoms with Gasteiger partial charge in [-0.1, -0.05) is 57.0 Å². The van der Waals surface area contributed by atoms with Gasteiger partial charge in [0.25, 0.3) is 0 Å². The molecule has 0 unspecified atom stereocenters. The van der Waals surface area contributed by atoms with Crippen LogP contribution in [0.2, 0.25) is 0 Å². The Morgan fingerprint density at radius 1 is 0.633 bits per heavy atom. The molecular weight excluding hydrogens is 892 g/mol. The number of hydrogen-bond donors (Lipinski definition) is 6. The Kier molecular flexibility index (Phi) is 37.6. The molecule has 7 N–H and O–H groups in total. The van der Waals surface area contributed by atoms with Crippen molar-refractivity contribution in [1.29, 1.82) is 0 Å². The number of carbonyl (C=O) groups is 9. The third kappa shape index (κ3) is 40.3. The standard InChI is InChI=1S/C20H34N2O7S2.C12H21NO6S2.C4H9NO2.ClH/c1-7-28-17(25)10-21-18(26)13(2)11-30-31-12-15(16(24)9-8-14(3)23)22-19(27)29-20(4,5)6;1-7(9(14)15)5-20-21-6-8(10(16)17)13-11(18)19-12(2,3)4;1-2-7-4(6)3-5;/h13,15H,7-12H2,1-6H3,(H,21,26)(H,22,27);7-8H,5-6H2,1-4H3,(H,13,18)(H,14,15)(H,16,17);2-3,5H2,1H3;1H/t13-,15-;7-,8-;;/m00../s1. The molecule has 0 heterocycles. The summed E-state index contributed by atoms with van der Waals surface area (Å²) in [5.41, 5.74) is 3.48. The zero-order chi connectivity index (χ0) is 46.4. The smallest absolute Gasteiger partial charge is 0.408 e. The first kappa shape index (κ1) is 63.5. The first-order valence-electron chi connectivity index (χ1n) is 18.4. The van der Waals surface area contributed by atoms with Crippen LogP contribution in [0.3, 0.4) is 0 Å². The monoisotopic (exact) mass is 956 g/mol. The number of nitrogens with one attached hydrogen (secondary N) is 3. The van der Waals surface area contributed by atoms with Crippen molar-refractivity contribution in [2.24, 2.45) is 17.6 Å². The second-order valence-corrected chi connectivity index (χ2v) is 19.3. The minimum atomic E-state index is -1.17. The molecule has 0 fully saturated rings. The fraction of sp³-hybridized carbons (Fsp3) is 0.750. The number of nitrogens with two attached hydrogens (primary N) is 1. The Morgan fingerprint density at radius 2 is 1.05 bits per heavy atom. The van der Waals surface area contributed by atoms with Crippen molar-refractivity contribution in [3.05, 3.63) is 0 Å². The second kappa shape index (κ2) is 35.5. The summed E-state index contributed by atoms with van der Waals surface area (Å²) in [6.07, 6.45) is -1.35. The first-order valence-corrected chi connectivity index (χ1v) is 23.4. The summed E-state index contributed by atoms with van der Waals surface area (Å²) in [6.45, 7) is 18.8. The van der Waals surface area contributed by atoms with E-state index in [1.165, 1.54) is 50.1 Å². The first-order chi connectivity index (χ1) is 27.2. The molecule has 0 radical (unpaired) electrons. The van der Waals surface area contributed by atoms with Crippen molar-refractivity contribution in [2.45, 2.75) is 112 Å². The van der Waals surface area contributed by atoms with Crippen LogP contribution in [-0.2, 0) is 52.5 Å². The van der Waals surface area contributed by atoms with Crippen LogP contribution in [-0.4, -0.2) is 136 Å². The molecule has 0 saturated carbocycles. The van der Waals surface area contributed by atoms with E-state index >= 15 is 0 Å². The fourth-order valence-electron chi connectivity index (χ4n) is 3.21. The SMILES string of the molecule is CCOC(=O)CN.CCOC(=O)CNC(=O)[C@@H](C)CSSC[C@H](NC(=O)OC(C)(C)C)C(=O)CCC(C)=O.C[C@@H](CSSC[C@H](NC(=O)OC(C)(C)C)C(=O)O)C(=O)O.Cl. The summed E-state index contributed by atoms with van der Waals surface area (Å²) in [7, 11) is 5.16. The zero-order valence-corrected chi connectivity index (χ0v) is 40.3. The molecule has 0 aliphatic heterocycles. The maximum atomic E-state index is 12.4.